The highest BCUT2D eigenvalue weighted by atomic mass is 32.2. The Hall–Kier alpha value is -0.870. The maximum Gasteiger partial charge on any atom is 0.243 e. The van der Waals surface area contributed by atoms with Gasteiger partial charge in [-0.25, -0.2) is 8.42 Å². The zero-order valence-electron chi connectivity index (χ0n) is 9.96. The molecule has 1 aliphatic carbocycles. The van der Waals surface area contributed by atoms with E-state index in [-0.39, 0.29) is 12.1 Å². The van der Waals surface area contributed by atoms with E-state index in [4.69, 9.17) is 0 Å². The summed E-state index contributed by atoms with van der Waals surface area (Å²) in [5.74, 6) is 0. The lowest BCUT2D eigenvalue weighted by molar-refractivity contribution is 0.545. The van der Waals surface area contributed by atoms with E-state index >= 15 is 0 Å². The van der Waals surface area contributed by atoms with Gasteiger partial charge >= 0.3 is 0 Å². The van der Waals surface area contributed by atoms with E-state index in [1.54, 1.807) is 16.4 Å². The van der Waals surface area contributed by atoms with Crippen molar-refractivity contribution < 1.29 is 8.42 Å². The van der Waals surface area contributed by atoms with Crippen LogP contribution in [-0.2, 0) is 10.0 Å². The third-order valence-electron chi connectivity index (χ3n) is 3.85. The molecule has 0 spiro atoms. The number of fused-ring (bicyclic) bond motifs is 1. The molecule has 2 aliphatic rings. The average Bonchev–Trinajstić information content (AvgIpc) is 3.04. The van der Waals surface area contributed by atoms with E-state index in [0.717, 1.165) is 18.4 Å². The topological polar surface area (TPSA) is 37.1 Å². The number of nitrogens with zero attached hydrogens (tertiary/aromatic N) is 1. The maximum absolute atomic E-state index is 12.4. The molecule has 1 saturated heterocycles. The summed E-state index contributed by atoms with van der Waals surface area (Å²) in [6.07, 6.45) is 4.41. The largest absolute Gasteiger partial charge is 0.243 e. The van der Waals surface area contributed by atoms with E-state index in [0.29, 0.717) is 4.90 Å². The fourth-order valence-electron chi connectivity index (χ4n) is 2.84. The van der Waals surface area contributed by atoms with Crippen LogP contribution in [0.1, 0.15) is 31.2 Å². The lowest BCUT2D eigenvalue weighted by Crippen LogP contribution is -2.15. The first kappa shape index (κ1) is 11.2. The molecule has 0 aromatic heterocycles. The van der Waals surface area contributed by atoms with Crippen molar-refractivity contribution in [2.75, 3.05) is 0 Å². The van der Waals surface area contributed by atoms with Gasteiger partial charge < -0.3 is 0 Å². The molecule has 0 N–H and O–H groups in total. The van der Waals surface area contributed by atoms with Crippen LogP contribution < -0.4 is 0 Å². The van der Waals surface area contributed by atoms with Gasteiger partial charge in [0.1, 0.15) is 0 Å². The van der Waals surface area contributed by atoms with Crippen LogP contribution in [0.2, 0.25) is 0 Å². The number of benzene rings is 1. The normalized spacial score (nSPS) is 31.9. The summed E-state index contributed by atoms with van der Waals surface area (Å²) >= 11 is 0. The first-order valence-electron chi connectivity index (χ1n) is 6.21. The molecule has 0 amide bonds. The molecule has 4 heteroatoms. The van der Waals surface area contributed by atoms with Crippen molar-refractivity contribution in [1.82, 2.24) is 4.31 Å². The summed E-state index contributed by atoms with van der Waals surface area (Å²) in [6, 6.07) is 7.73. The molecule has 17 heavy (non-hydrogen) atoms. The van der Waals surface area contributed by atoms with Crippen molar-refractivity contribution in [3.63, 3.8) is 0 Å². The second-order valence-corrected chi connectivity index (χ2v) is 6.91. The van der Waals surface area contributed by atoms with Gasteiger partial charge in [0.15, 0.2) is 0 Å². The van der Waals surface area contributed by atoms with Crippen molar-refractivity contribution in [3.8, 4) is 0 Å². The highest BCUT2D eigenvalue weighted by molar-refractivity contribution is 7.89. The standard InChI is InChI=1S/C13H17NO2S/c1-10-6-8-11(9-7-10)17(15,16)14-12-4-2-3-5-13(12)14/h6-9,12-13H,2-5H2,1H3/t12-,13+,14?. The van der Waals surface area contributed by atoms with Crippen molar-refractivity contribution in [2.45, 2.75) is 49.6 Å². The first-order chi connectivity index (χ1) is 8.10. The Kier molecular flexibility index (Phi) is 2.52. The fraction of sp³-hybridized carbons (Fsp3) is 0.538. The summed E-state index contributed by atoms with van der Waals surface area (Å²) in [7, 11) is -3.23. The molecule has 92 valence electrons. The lowest BCUT2D eigenvalue weighted by atomic mass is 10.0. The zero-order chi connectivity index (χ0) is 12.0. The third kappa shape index (κ3) is 1.79. The van der Waals surface area contributed by atoms with Gasteiger partial charge in [-0.3, -0.25) is 0 Å². The molecule has 0 radical (unpaired) electrons. The van der Waals surface area contributed by atoms with Crippen LogP contribution in [0.5, 0.6) is 0 Å². The molecule has 1 heterocycles. The number of rotatable bonds is 2. The van der Waals surface area contributed by atoms with Gasteiger partial charge in [0, 0.05) is 12.1 Å². The molecule has 1 unspecified atom stereocenters. The smallest absolute Gasteiger partial charge is 0.207 e. The molecule has 3 atom stereocenters. The number of hydrogen-bond donors (Lipinski definition) is 0. The summed E-state index contributed by atoms with van der Waals surface area (Å²) < 4.78 is 26.5. The van der Waals surface area contributed by atoms with Crippen molar-refractivity contribution in [3.05, 3.63) is 29.8 Å². The van der Waals surface area contributed by atoms with Crippen LogP contribution in [0.25, 0.3) is 0 Å². The summed E-state index contributed by atoms with van der Waals surface area (Å²) in [4.78, 5) is 0.442. The van der Waals surface area contributed by atoms with E-state index in [2.05, 4.69) is 0 Å². The van der Waals surface area contributed by atoms with Crippen molar-refractivity contribution in [1.29, 1.82) is 0 Å². The summed E-state index contributed by atoms with van der Waals surface area (Å²) in [6.45, 7) is 1.97. The zero-order valence-corrected chi connectivity index (χ0v) is 10.8. The van der Waals surface area contributed by atoms with Crippen molar-refractivity contribution in [2.24, 2.45) is 0 Å². The van der Waals surface area contributed by atoms with Crippen LogP contribution in [0.15, 0.2) is 29.2 Å². The minimum Gasteiger partial charge on any atom is -0.207 e. The number of sulfonamides is 1. The lowest BCUT2D eigenvalue weighted by Gasteiger charge is -2.06. The first-order valence-corrected chi connectivity index (χ1v) is 7.65. The highest BCUT2D eigenvalue weighted by Crippen LogP contribution is 2.44. The molecule has 3 nitrogen and oxygen atoms in total. The molecule has 1 aromatic rings. The second-order valence-electron chi connectivity index (χ2n) is 5.07. The third-order valence-corrected chi connectivity index (χ3v) is 5.82. The van der Waals surface area contributed by atoms with E-state index in [1.807, 2.05) is 19.1 Å². The average molecular weight is 251 g/mol. The monoisotopic (exact) mass is 251 g/mol. The molecule has 1 aliphatic heterocycles. The SMILES string of the molecule is Cc1ccc(S(=O)(=O)N2[C@@H]3CCCC[C@@H]32)cc1. The Morgan fingerprint density at radius 3 is 2.12 bits per heavy atom. The predicted molar refractivity (Wildman–Crippen MR) is 66.2 cm³/mol. The molecular formula is C13H17NO2S. The molecule has 3 rings (SSSR count). The molecule has 2 fully saturated rings. The van der Waals surface area contributed by atoms with Crippen molar-refractivity contribution >= 4 is 10.0 Å². The van der Waals surface area contributed by atoms with E-state index < -0.39 is 10.0 Å². The minimum absolute atomic E-state index is 0.287. The fourth-order valence-corrected chi connectivity index (χ4v) is 4.72. The minimum atomic E-state index is -3.23. The van der Waals surface area contributed by atoms with Crippen LogP contribution in [0, 0.1) is 6.92 Å². The van der Waals surface area contributed by atoms with Crippen LogP contribution in [-0.4, -0.2) is 24.8 Å². The van der Waals surface area contributed by atoms with Crippen LogP contribution >= 0.6 is 0 Å². The van der Waals surface area contributed by atoms with Gasteiger partial charge in [-0.1, -0.05) is 30.5 Å². The van der Waals surface area contributed by atoms with Gasteiger partial charge in [-0.05, 0) is 31.9 Å². The Labute approximate surface area is 102 Å². The van der Waals surface area contributed by atoms with Gasteiger partial charge in [0.25, 0.3) is 0 Å². The van der Waals surface area contributed by atoms with Gasteiger partial charge in [-0.2, -0.15) is 4.31 Å². The highest BCUT2D eigenvalue weighted by Gasteiger charge is 2.55. The maximum atomic E-state index is 12.4. The summed E-state index contributed by atoms with van der Waals surface area (Å²) in [5, 5.41) is 0. The van der Waals surface area contributed by atoms with Gasteiger partial charge in [-0.15, -0.1) is 0 Å². The second kappa shape index (κ2) is 3.82. The molecule has 0 bridgehead atoms. The molecule has 1 aromatic carbocycles. The number of hydrogen-bond acceptors (Lipinski definition) is 2. The Morgan fingerprint density at radius 1 is 1.06 bits per heavy atom. The molecule has 1 saturated carbocycles. The van der Waals surface area contributed by atoms with Crippen LogP contribution in [0.4, 0.5) is 0 Å². The Balaban J connectivity index is 1.89. The summed E-state index contributed by atoms with van der Waals surface area (Å²) in [5.41, 5.74) is 1.09. The van der Waals surface area contributed by atoms with Gasteiger partial charge in [0.05, 0.1) is 4.90 Å². The van der Waals surface area contributed by atoms with Crippen LogP contribution in [0.3, 0.4) is 0 Å². The van der Waals surface area contributed by atoms with Gasteiger partial charge in [0.2, 0.25) is 10.0 Å². The Morgan fingerprint density at radius 2 is 1.59 bits per heavy atom. The van der Waals surface area contributed by atoms with E-state index in [1.165, 1.54) is 12.8 Å². The predicted octanol–water partition coefficient (Wildman–Crippen LogP) is 2.31. The molecular weight excluding hydrogens is 234 g/mol. The van der Waals surface area contributed by atoms with E-state index in [9.17, 15) is 8.42 Å². The quantitative estimate of drug-likeness (QED) is 0.756. The number of aryl methyl sites for hydroxylation is 1. The Bertz CT molecular complexity index is 509.